The maximum Gasteiger partial charge on any atom is 0.215 e. The fraction of sp³-hybridized carbons (Fsp3) is 0.900. The number of nitrogens with zero attached hydrogens (tertiary/aromatic N) is 1. The van der Waals surface area contributed by atoms with Crippen LogP contribution in [0.1, 0.15) is 26.7 Å². The molecule has 1 fully saturated rings. The molecule has 0 amide bonds. The summed E-state index contributed by atoms with van der Waals surface area (Å²) in [5.41, 5.74) is 5.50. The molecule has 0 aliphatic carbocycles. The molecule has 7 nitrogen and oxygen atoms in total. The summed E-state index contributed by atoms with van der Waals surface area (Å²) in [7, 11) is -3.48. The van der Waals surface area contributed by atoms with Gasteiger partial charge in [0.05, 0.1) is 11.3 Å². The van der Waals surface area contributed by atoms with E-state index in [1.807, 2.05) is 0 Å². The quantitative estimate of drug-likeness (QED) is 0.280. The van der Waals surface area contributed by atoms with Gasteiger partial charge in [-0.3, -0.25) is 0 Å². The van der Waals surface area contributed by atoms with Crippen LogP contribution < -0.4 is 10.5 Å². The maximum atomic E-state index is 12.2. The van der Waals surface area contributed by atoms with Gasteiger partial charge in [0.15, 0.2) is 5.84 Å². The van der Waals surface area contributed by atoms with Crippen molar-refractivity contribution in [2.45, 2.75) is 38.0 Å². The van der Waals surface area contributed by atoms with Gasteiger partial charge in [-0.2, -0.15) is 0 Å². The largest absolute Gasteiger partial charge is 0.409 e. The highest BCUT2D eigenvalue weighted by Crippen LogP contribution is 2.16. The molecule has 0 aromatic rings. The van der Waals surface area contributed by atoms with E-state index >= 15 is 0 Å². The highest BCUT2D eigenvalue weighted by Gasteiger charge is 2.32. The van der Waals surface area contributed by atoms with Crippen molar-refractivity contribution in [2.24, 2.45) is 16.8 Å². The lowest BCUT2D eigenvalue weighted by Crippen LogP contribution is -2.51. The summed E-state index contributed by atoms with van der Waals surface area (Å²) >= 11 is 0. The molecule has 1 unspecified atom stereocenters. The molecule has 1 heterocycles. The first-order chi connectivity index (χ1) is 8.38. The molecule has 106 valence electrons. The Hall–Kier alpha value is -0.860. The van der Waals surface area contributed by atoms with Crippen LogP contribution >= 0.6 is 0 Å². The van der Waals surface area contributed by atoms with Crippen LogP contribution in [0.25, 0.3) is 0 Å². The molecule has 8 heteroatoms. The van der Waals surface area contributed by atoms with Gasteiger partial charge in [0.25, 0.3) is 0 Å². The summed E-state index contributed by atoms with van der Waals surface area (Å²) in [4.78, 5) is 0. The SMILES string of the molecule is CC(C)C(NS(=O)(=O)C1CCOCC1)C(N)=NO. The van der Waals surface area contributed by atoms with Crippen molar-refractivity contribution in [3.63, 3.8) is 0 Å². The Morgan fingerprint density at radius 1 is 1.44 bits per heavy atom. The van der Waals surface area contributed by atoms with Crippen molar-refractivity contribution in [1.29, 1.82) is 0 Å². The number of sulfonamides is 1. The number of nitrogens with one attached hydrogen (secondary N) is 1. The molecule has 0 aromatic carbocycles. The van der Waals surface area contributed by atoms with Gasteiger partial charge in [-0.05, 0) is 18.8 Å². The van der Waals surface area contributed by atoms with Crippen LogP contribution in [0.4, 0.5) is 0 Å². The molecule has 0 saturated carbocycles. The number of hydrogen-bond acceptors (Lipinski definition) is 5. The number of hydrogen-bond donors (Lipinski definition) is 3. The van der Waals surface area contributed by atoms with E-state index in [1.54, 1.807) is 13.8 Å². The predicted octanol–water partition coefficient (Wildman–Crippen LogP) is -0.144. The van der Waals surface area contributed by atoms with Crippen LogP contribution in [0.5, 0.6) is 0 Å². The lowest BCUT2D eigenvalue weighted by atomic mass is 10.1. The van der Waals surface area contributed by atoms with Crippen LogP contribution in [0, 0.1) is 5.92 Å². The third-order valence-electron chi connectivity index (χ3n) is 3.00. The van der Waals surface area contributed by atoms with Gasteiger partial charge in [0.2, 0.25) is 10.0 Å². The Morgan fingerprint density at radius 3 is 2.44 bits per heavy atom. The molecular formula is C10H21N3O4S. The summed E-state index contributed by atoms with van der Waals surface area (Å²) in [5, 5.41) is 11.1. The van der Waals surface area contributed by atoms with Gasteiger partial charge in [0, 0.05) is 13.2 Å². The van der Waals surface area contributed by atoms with Gasteiger partial charge in [-0.25, -0.2) is 13.1 Å². The summed E-state index contributed by atoms with van der Waals surface area (Å²) in [6.45, 7) is 4.49. The van der Waals surface area contributed by atoms with Crippen molar-refractivity contribution in [3.8, 4) is 0 Å². The topological polar surface area (TPSA) is 114 Å². The Labute approximate surface area is 107 Å². The highest BCUT2D eigenvalue weighted by atomic mass is 32.2. The van der Waals surface area contributed by atoms with E-state index < -0.39 is 21.3 Å². The predicted molar refractivity (Wildman–Crippen MR) is 67.9 cm³/mol. The van der Waals surface area contributed by atoms with E-state index in [2.05, 4.69) is 9.88 Å². The number of amidine groups is 1. The zero-order chi connectivity index (χ0) is 13.8. The smallest absolute Gasteiger partial charge is 0.215 e. The van der Waals surface area contributed by atoms with E-state index in [9.17, 15) is 8.42 Å². The van der Waals surface area contributed by atoms with Crippen molar-refractivity contribution in [2.75, 3.05) is 13.2 Å². The molecule has 4 N–H and O–H groups in total. The van der Waals surface area contributed by atoms with Gasteiger partial charge in [-0.1, -0.05) is 19.0 Å². The van der Waals surface area contributed by atoms with Gasteiger partial charge < -0.3 is 15.7 Å². The lowest BCUT2D eigenvalue weighted by Gasteiger charge is -2.26. The van der Waals surface area contributed by atoms with E-state index in [4.69, 9.17) is 15.7 Å². The minimum absolute atomic E-state index is 0.101. The standard InChI is InChI=1S/C10H21N3O4S/c1-7(2)9(10(11)12-14)13-18(15,16)8-3-5-17-6-4-8/h7-9,13-14H,3-6H2,1-2H3,(H2,11,12). The number of rotatable bonds is 5. The van der Waals surface area contributed by atoms with E-state index in [0.29, 0.717) is 26.1 Å². The Morgan fingerprint density at radius 2 is 2.00 bits per heavy atom. The highest BCUT2D eigenvalue weighted by molar-refractivity contribution is 7.90. The first-order valence-corrected chi connectivity index (χ1v) is 7.49. The summed E-state index contributed by atoms with van der Waals surface area (Å²) in [6.07, 6.45) is 0.937. The van der Waals surface area contributed by atoms with Crippen molar-refractivity contribution < 1.29 is 18.4 Å². The zero-order valence-corrected chi connectivity index (χ0v) is 11.5. The third-order valence-corrected chi connectivity index (χ3v) is 4.93. The Bertz CT molecular complexity index is 388. The molecule has 1 atom stereocenters. The number of ether oxygens (including phenoxy) is 1. The fourth-order valence-electron chi connectivity index (χ4n) is 1.86. The average molecular weight is 279 g/mol. The van der Waals surface area contributed by atoms with Gasteiger partial charge >= 0.3 is 0 Å². The van der Waals surface area contributed by atoms with Gasteiger partial charge in [-0.15, -0.1) is 0 Å². The molecule has 0 spiro atoms. The van der Waals surface area contributed by atoms with E-state index in [1.165, 1.54) is 0 Å². The first-order valence-electron chi connectivity index (χ1n) is 5.94. The Kier molecular flexibility index (Phi) is 5.36. The first kappa shape index (κ1) is 15.2. The van der Waals surface area contributed by atoms with E-state index in [0.717, 1.165) is 0 Å². The fourth-order valence-corrected chi connectivity index (χ4v) is 3.61. The van der Waals surface area contributed by atoms with Crippen LogP contribution in [-0.4, -0.2) is 44.0 Å². The van der Waals surface area contributed by atoms with Gasteiger partial charge in [0.1, 0.15) is 0 Å². The lowest BCUT2D eigenvalue weighted by molar-refractivity contribution is 0.0981. The normalized spacial score (nSPS) is 21.2. The second-order valence-electron chi connectivity index (χ2n) is 4.72. The molecule has 1 saturated heterocycles. The Balaban J connectivity index is 2.78. The van der Waals surface area contributed by atoms with Crippen LogP contribution in [0.15, 0.2) is 5.16 Å². The number of nitrogens with two attached hydrogens (primary N) is 1. The third kappa shape index (κ3) is 3.82. The molecular weight excluding hydrogens is 258 g/mol. The van der Waals surface area contributed by atoms with Crippen LogP contribution in [-0.2, 0) is 14.8 Å². The molecule has 0 radical (unpaired) electrons. The van der Waals surface area contributed by atoms with E-state index in [-0.39, 0.29) is 11.8 Å². The minimum atomic E-state index is -3.48. The molecule has 0 aromatic heterocycles. The second-order valence-corrected chi connectivity index (χ2v) is 6.71. The zero-order valence-electron chi connectivity index (χ0n) is 10.7. The monoisotopic (exact) mass is 279 g/mol. The van der Waals surface area contributed by atoms with Crippen molar-refractivity contribution in [3.05, 3.63) is 0 Å². The van der Waals surface area contributed by atoms with Crippen molar-refractivity contribution >= 4 is 15.9 Å². The maximum absolute atomic E-state index is 12.2. The van der Waals surface area contributed by atoms with Crippen molar-refractivity contribution in [1.82, 2.24) is 4.72 Å². The number of oxime groups is 1. The molecule has 18 heavy (non-hydrogen) atoms. The molecule has 0 bridgehead atoms. The minimum Gasteiger partial charge on any atom is -0.409 e. The summed E-state index contributed by atoms with van der Waals surface area (Å²) in [5.74, 6) is -0.226. The van der Waals surface area contributed by atoms with Crippen LogP contribution in [0.3, 0.4) is 0 Å². The molecule has 1 aliphatic heterocycles. The molecule has 1 aliphatic rings. The second kappa shape index (κ2) is 6.35. The summed E-state index contributed by atoms with van der Waals surface area (Å²) < 4.78 is 32.0. The average Bonchev–Trinajstić information content (AvgIpc) is 2.36. The van der Waals surface area contributed by atoms with Crippen LogP contribution in [0.2, 0.25) is 0 Å². The summed E-state index contributed by atoms with van der Waals surface area (Å²) in [6, 6.07) is -0.692. The molecule has 1 rings (SSSR count).